The van der Waals surface area contributed by atoms with Crippen LogP contribution in [0.3, 0.4) is 0 Å². The summed E-state index contributed by atoms with van der Waals surface area (Å²) in [7, 11) is 0. The first-order valence-electron chi connectivity index (χ1n) is 7.99. The van der Waals surface area contributed by atoms with Gasteiger partial charge in [0.15, 0.2) is 5.78 Å². The maximum atomic E-state index is 12.2. The summed E-state index contributed by atoms with van der Waals surface area (Å²) in [6, 6.07) is 17.8. The molecular formula is C20H19NO2S. The highest BCUT2D eigenvalue weighted by molar-refractivity contribution is 7.12. The number of fused-ring (bicyclic) bond motifs is 1. The molecule has 0 aliphatic carbocycles. The number of amides is 1. The van der Waals surface area contributed by atoms with Gasteiger partial charge >= 0.3 is 0 Å². The number of hydrogen-bond acceptors (Lipinski definition) is 3. The van der Waals surface area contributed by atoms with Gasteiger partial charge in [0.2, 0.25) is 5.91 Å². The summed E-state index contributed by atoms with van der Waals surface area (Å²) in [5.41, 5.74) is 1.09. The fourth-order valence-electron chi connectivity index (χ4n) is 2.81. The molecule has 0 saturated heterocycles. The average molecular weight is 337 g/mol. The van der Waals surface area contributed by atoms with Crippen LogP contribution >= 0.6 is 11.3 Å². The minimum absolute atomic E-state index is 0.0259. The molecule has 122 valence electrons. The molecule has 0 aliphatic heterocycles. The van der Waals surface area contributed by atoms with Crippen molar-refractivity contribution in [2.45, 2.75) is 25.8 Å². The van der Waals surface area contributed by atoms with E-state index in [4.69, 9.17) is 0 Å². The van der Waals surface area contributed by atoms with Crippen molar-refractivity contribution in [2.75, 3.05) is 0 Å². The average Bonchev–Trinajstić information content (AvgIpc) is 3.14. The molecule has 2 aromatic carbocycles. The molecule has 3 aromatic rings. The lowest BCUT2D eigenvalue weighted by Crippen LogP contribution is -2.27. The molecule has 1 atom stereocenters. The van der Waals surface area contributed by atoms with E-state index in [0.717, 1.165) is 16.3 Å². The molecule has 3 nitrogen and oxygen atoms in total. The minimum atomic E-state index is -0.0969. The number of hydrogen-bond donors (Lipinski definition) is 1. The van der Waals surface area contributed by atoms with E-state index in [2.05, 4.69) is 23.5 Å². The normalized spacial score (nSPS) is 12.0. The van der Waals surface area contributed by atoms with E-state index in [1.54, 1.807) is 6.07 Å². The molecular weight excluding hydrogens is 318 g/mol. The number of ketones is 1. The zero-order chi connectivity index (χ0) is 16.9. The van der Waals surface area contributed by atoms with Crippen LogP contribution < -0.4 is 5.32 Å². The van der Waals surface area contributed by atoms with Crippen molar-refractivity contribution in [1.82, 2.24) is 5.32 Å². The number of benzene rings is 2. The summed E-state index contributed by atoms with van der Waals surface area (Å²) in [5.74, 6) is -0.0710. The van der Waals surface area contributed by atoms with Gasteiger partial charge in [-0.25, -0.2) is 0 Å². The van der Waals surface area contributed by atoms with Gasteiger partial charge in [-0.15, -0.1) is 11.3 Å². The molecule has 24 heavy (non-hydrogen) atoms. The molecule has 0 radical (unpaired) electrons. The number of carbonyl (C=O) groups is 2. The van der Waals surface area contributed by atoms with Crippen molar-refractivity contribution >= 4 is 33.8 Å². The number of thiophene rings is 1. The molecule has 0 fully saturated rings. The Morgan fingerprint density at radius 1 is 1.00 bits per heavy atom. The second-order valence-electron chi connectivity index (χ2n) is 5.76. The Labute approximate surface area is 145 Å². The number of carbonyl (C=O) groups excluding carboxylic acids is 2. The fourth-order valence-corrected chi connectivity index (χ4v) is 3.50. The maximum absolute atomic E-state index is 12.2. The first-order valence-corrected chi connectivity index (χ1v) is 8.87. The highest BCUT2D eigenvalue weighted by atomic mass is 32.1. The van der Waals surface area contributed by atoms with Gasteiger partial charge in [0, 0.05) is 12.8 Å². The molecule has 1 unspecified atom stereocenters. The second-order valence-corrected chi connectivity index (χ2v) is 6.71. The van der Waals surface area contributed by atoms with E-state index >= 15 is 0 Å². The highest BCUT2D eigenvalue weighted by Gasteiger charge is 2.14. The van der Waals surface area contributed by atoms with Gasteiger partial charge in [0.25, 0.3) is 0 Å². The monoisotopic (exact) mass is 337 g/mol. The third-order valence-electron chi connectivity index (χ3n) is 4.04. The lowest BCUT2D eigenvalue weighted by atomic mass is 9.99. The van der Waals surface area contributed by atoms with E-state index in [1.807, 2.05) is 42.6 Å². The minimum Gasteiger partial charge on any atom is -0.350 e. The first-order chi connectivity index (χ1) is 11.6. The Kier molecular flexibility index (Phi) is 5.06. The number of rotatable bonds is 6. The molecule has 1 amide bonds. The number of Topliss-reactive ketones (excluding diaryl/α,β-unsaturated/α-hetero) is 1. The van der Waals surface area contributed by atoms with Gasteiger partial charge in [0.05, 0.1) is 10.9 Å². The Morgan fingerprint density at radius 3 is 2.58 bits per heavy atom. The van der Waals surface area contributed by atoms with Gasteiger partial charge in [-0.3, -0.25) is 9.59 Å². The number of nitrogens with one attached hydrogen (secondary N) is 1. The van der Waals surface area contributed by atoms with E-state index in [1.165, 1.54) is 11.3 Å². The van der Waals surface area contributed by atoms with Crippen molar-refractivity contribution in [3.05, 3.63) is 70.4 Å². The third-order valence-corrected chi connectivity index (χ3v) is 4.95. The van der Waals surface area contributed by atoms with Crippen molar-refractivity contribution in [3.8, 4) is 0 Å². The topological polar surface area (TPSA) is 46.2 Å². The van der Waals surface area contributed by atoms with Crippen LogP contribution in [0, 0.1) is 0 Å². The quantitative estimate of drug-likeness (QED) is 0.660. The van der Waals surface area contributed by atoms with Gasteiger partial charge in [-0.2, -0.15) is 0 Å². The SMILES string of the molecule is CC(NC(=O)CCC(=O)c1cccs1)c1cccc2ccccc12. The van der Waals surface area contributed by atoms with Crippen LogP contribution in [0.2, 0.25) is 0 Å². The van der Waals surface area contributed by atoms with Gasteiger partial charge < -0.3 is 5.32 Å². The zero-order valence-electron chi connectivity index (χ0n) is 13.5. The lowest BCUT2D eigenvalue weighted by Gasteiger charge is -2.16. The van der Waals surface area contributed by atoms with Crippen molar-refractivity contribution in [1.29, 1.82) is 0 Å². The standard InChI is InChI=1S/C20H19NO2S/c1-14(16-9-4-7-15-6-2-3-8-17(15)16)21-20(23)12-11-18(22)19-10-5-13-24-19/h2-10,13-14H,11-12H2,1H3,(H,21,23). The molecule has 0 bridgehead atoms. The van der Waals surface area contributed by atoms with E-state index in [9.17, 15) is 9.59 Å². The summed E-state index contributed by atoms with van der Waals surface area (Å²) >= 11 is 1.41. The Morgan fingerprint density at radius 2 is 1.79 bits per heavy atom. The first kappa shape index (κ1) is 16.4. The smallest absolute Gasteiger partial charge is 0.220 e. The summed E-state index contributed by atoms with van der Waals surface area (Å²) in [6.45, 7) is 1.97. The van der Waals surface area contributed by atoms with E-state index in [-0.39, 0.29) is 30.6 Å². The summed E-state index contributed by atoms with van der Waals surface area (Å²) in [5, 5.41) is 7.17. The van der Waals surface area contributed by atoms with Crippen molar-refractivity contribution in [3.63, 3.8) is 0 Å². The van der Waals surface area contributed by atoms with Crippen LogP contribution in [0.25, 0.3) is 10.8 Å². The second kappa shape index (κ2) is 7.41. The van der Waals surface area contributed by atoms with Crippen LogP contribution in [0.4, 0.5) is 0 Å². The molecule has 0 aliphatic rings. The highest BCUT2D eigenvalue weighted by Crippen LogP contribution is 2.24. The molecule has 0 saturated carbocycles. The van der Waals surface area contributed by atoms with Crippen LogP contribution in [0.1, 0.15) is 41.0 Å². The molecule has 3 rings (SSSR count). The van der Waals surface area contributed by atoms with Gasteiger partial charge in [-0.05, 0) is 34.7 Å². The van der Waals surface area contributed by atoms with Crippen molar-refractivity contribution < 1.29 is 9.59 Å². The summed E-state index contributed by atoms with van der Waals surface area (Å²) in [6.07, 6.45) is 0.459. The fraction of sp³-hybridized carbons (Fsp3) is 0.200. The van der Waals surface area contributed by atoms with Crippen LogP contribution in [0.15, 0.2) is 60.0 Å². The van der Waals surface area contributed by atoms with Gasteiger partial charge in [-0.1, -0.05) is 48.5 Å². The largest absolute Gasteiger partial charge is 0.350 e. The van der Waals surface area contributed by atoms with Crippen LogP contribution in [0.5, 0.6) is 0 Å². The molecule has 1 N–H and O–H groups in total. The summed E-state index contributed by atoms with van der Waals surface area (Å²) < 4.78 is 0. The summed E-state index contributed by atoms with van der Waals surface area (Å²) in [4.78, 5) is 24.9. The van der Waals surface area contributed by atoms with Crippen LogP contribution in [-0.2, 0) is 4.79 Å². The predicted octanol–water partition coefficient (Wildman–Crippen LogP) is 4.74. The molecule has 1 aromatic heterocycles. The Balaban J connectivity index is 1.62. The zero-order valence-corrected chi connectivity index (χ0v) is 14.3. The van der Waals surface area contributed by atoms with Gasteiger partial charge in [0.1, 0.15) is 0 Å². The Hall–Kier alpha value is -2.46. The van der Waals surface area contributed by atoms with E-state index in [0.29, 0.717) is 4.88 Å². The Bertz CT molecular complexity index is 850. The maximum Gasteiger partial charge on any atom is 0.220 e. The van der Waals surface area contributed by atoms with Crippen LogP contribution in [-0.4, -0.2) is 11.7 Å². The third kappa shape index (κ3) is 3.71. The predicted molar refractivity (Wildman–Crippen MR) is 98.4 cm³/mol. The molecule has 4 heteroatoms. The van der Waals surface area contributed by atoms with Crippen molar-refractivity contribution in [2.24, 2.45) is 0 Å². The van der Waals surface area contributed by atoms with E-state index < -0.39 is 0 Å². The molecule has 0 spiro atoms. The lowest BCUT2D eigenvalue weighted by molar-refractivity contribution is -0.121. The molecule has 1 heterocycles.